The van der Waals surface area contributed by atoms with Gasteiger partial charge in [-0.15, -0.1) is 0 Å². The molecular formula is C18H32O2. The van der Waals surface area contributed by atoms with Crippen molar-refractivity contribution >= 4 is 5.97 Å². The van der Waals surface area contributed by atoms with E-state index >= 15 is 0 Å². The molecule has 1 aliphatic heterocycles. The summed E-state index contributed by atoms with van der Waals surface area (Å²) in [4.78, 5) is 10.9. The Hall–Kier alpha value is -0.790. The van der Waals surface area contributed by atoms with Crippen molar-refractivity contribution in [3.8, 4) is 0 Å². The first kappa shape index (κ1) is 17.3. The predicted molar refractivity (Wildman–Crippen MR) is 84.7 cm³/mol. The van der Waals surface area contributed by atoms with Gasteiger partial charge in [0.1, 0.15) is 6.10 Å². The molecule has 1 atom stereocenters. The molecule has 116 valence electrons. The van der Waals surface area contributed by atoms with Crippen LogP contribution >= 0.6 is 0 Å². The average molecular weight is 280 g/mol. The lowest BCUT2D eigenvalue weighted by Crippen LogP contribution is -2.05. The molecule has 0 amide bonds. The average Bonchev–Trinajstić information content (AvgIpc) is 2.86. The number of cyclic esters (lactones) is 1. The number of carbonyl (C=O) groups is 1. The van der Waals surface area contributed by atoms with Crippen molar-refractivity contribution < 1.29 is 9.53 Å². The lowest BCUT2D eigenvalue weighted by atomic mass is 10.1. The van der Waals surface area contributed by atoms with E-state index in [1.54, 1.807) is 0 Å². The van der Waals surface area contributed by atoms with E-state index in [1.165, 1.54) is 64.2 Å². The summed E-state index contributed by atoms with van der Waals surface area (Å²) in [5, 5.41) is 0. The second-order valence-corrected chi connectivity index (χ2v) is 5.96. The zero-order valence-electron chi connectivity index (χ0n) is 13.2. The molecule has 2 heteroatoms. The first-order chi connectivity index (χ1) is 9.83. The van der Waals surface area contributed by atoms with Gasteiger partial charge in [-0.2, -0.15) is 0 Å². The minimum atomic E-state index is -0.00571. The van der Waals surface area contributed by atoms with Crippen molar-refractivity contribution in [1.29, 1.82) is 0 Å². The fourth-order valence-electron chi connectivity index (χ4n) is 2.70. The minimum absolute atomic E-state index is 0.00571. The highest BCUT2D eigenvalue weighted by molar-refractivity contribution is 5.71. The van der Waals surface area contributed by atoms with Gasteiger partial charge in [-0.1, -0.05) is 51.2 Å². The van der Waals surface area contributed by atoms with Crippen molar-refractivity contribution in [3.05, 3.63) is 12.2 Å². The highest BCUT2D eigenvalue weighted by atomic mass is 16.5. The monoisotopic (exact) mass is 280 g/mol. The summed E-state index contributed by atoms with van der Waals surface area (Å²) in [7, 11) is 0. The molecule has 0 saturated carbocycles. The van der Waals surface area contributed by atoms with E-state index in [0.717, 1.165) is 12.8 Å². The zero-order valence-corrected chi connectivity index (χ0v) is 13.2. The molecule has 0 N–H and O–H groups in total. The smallest absolute Gasteiger partial charge is 0.306 e. The highest BCUT2D eigenvalue weighted by Crippen LogP contribution is 2.19. The molecule has 1 unspecified atom stereocenters. The molecule has 0 aromatic heterocycles. The number of ether oxygens (including phenoxy) is 1. The van der Waals surface area contributed by atoms with E-state index in [1.807, 2.05) is 0 Å². The van der Waals surface area contributed by atoms with Gasteiger partial charge in [0.15, 0.2) is 0 Å². The van der Waals surface area contributed by atoms with Crippen LogP contribution in [0.5, 0.6) is 0 Å². The number of unbranched alkanes of at least 4 members (excludes halogenated alkanes) is 8. The Balaban J connectivity index is 1.79. The topological polar surface area (TPSA) is 26.3 Å². The standard InChI is InChI=1S/C18H32O2/c1-2-3-4-5-6-7-8-9-10-11-12-13-14-17-15-16-18(19)20-17/h9-10,17H,2-8,11-16H2,1H3/b10-9-. The minimum Gasteiger partial charge on any atom is -0.462 e. The molecule has 0 aromatic rings. The van der Waals surface area contributed by atoms with Crippen molar-refractivity contribution in [2.24, 2.45) is 0 Å². The Bertz CT molecular complexity index is 271. The summed E-state index contributed by atoms with van der Waals surface area (Å²) in [6.45, 7) is 2.26. The van der Waals surface area contributed by atoms with Crippen LogP contribution in [0.2, 0.25) is 0 Å². The van der Waals surface area contributed by atoms with Crippen LogP contribution in [0.3, 0.4) is 0 Å². The molecule has 1 heterocycles. The second kappa shape index (κ2) is 12.0. The maximum atomic E-state index is 10.9. The summed E-state index contributed by atoms with van der Waals surface area (Å²) >= 11 is 0. The zero-order chi connectivity index (χ0) is 14.5. The van der Waals surface area contributed by atoms with Crippen molar-refractivity contribution in [2.45, 2.75) is 96.5 Å². The van der Waals surface area contributed by atoms with Crippen molar-refractivity contribution in [2.75, 3.05) is 0 Å². The Labute approximate surface area is 125 Å². The molecule has 1 saturated heterocycles. The summed E-state index contributed by atoms with van der Waals surface area (Å²) in [5.41, 5.74) is 0. The van der Waals surface area contributed by atoms with Crippen LogP contribution in [0.25, 0.3) is 0 Å². The summed E-state index contributed by atoms with van der Waals surface area (Å²) < 4.78 is 5.20. The van der Waals surface area contributed by atoms with Gasteiger partial charge in [-0.05, 0) is 44.9 Å². The van der Waals surface area contributed by atoms with Gasteiger partial charge in [0.2, 0.25) is 0 Å². The van der Waals surface area contributed by atoms with Crippen molar-refractivity contribution in [3.63, 3.8) is 0 Å². The SMILES string of the molecule is CCCCCCCC/C=C\CCCCC1CCC(=O)O1. The second-order valence-electron chi connectivity index (χ2n) is 5.96. The molecule has 0 aromatic carbocycles. The van der Waals surface area contributed by atoms with Crippen LogP contribution in [0.1, 0.15) is 90.4 Å². The lowest BCUT2D eigenvalue weighted by molar-refractivity contribution is -0.141. The van der Waals surface area contributed by atoms with Crippen LogP contribution in [0.4, 0.5) is 0 Å². The molecule has 0 spiro atoms. The van der Waals surface area contributed by atoms with Crippen LogP contribution < -0.4 is 0 Å². The molecule has 0 radical (unpaired) electrons. The third kappa shape index (κ3) is 9.17. The van der Waals surface area contributed by atoms with Gasteiger partial charge in [0.05, 0.1) is 0 Å². The molecule has 1 aliphatic rings. The maximum absolute atomic E-state index is 10.9. The Morgan fingerprint density at radius 3 is 2.30 bits per heavy atom. The highest BCUT2D eigenvalue weighted by Gasteiger charge is 2.22. The third-order valence-corrected chi connectivity index (χ3v) is 4.01. The Morgan fingerprint density at radius 1 is 1.00 bits per heavy atom. The molecular weight excluding hydrogens is 248 g/mol. The van der Waals surface area contributed by atoms with Gasteiger partial charge in [0.25, 0.3) is 0 Å². The molecule has 2 nitrogen and oxygen atoms in total. The normalized spacial score (nSPS) is 18.9. The molecule has 0 aliphatic carbocycles. The van der Waals surface area contributed by atoms with Crippen molar-refractivity contribution in [1.82, 2.24) is 0 Å². The van der Waals surface area contributed by atoms with Crippen LogP contribution in [-0.2, 0) is 9.53 Å². The van der Waals surface area contributed by atoms with Gasteiger partial charge in [-0.25, -0.2) is 0 Å². The molecule has 20 heavy (non-hydrogen) atoms. The fourth-order valence-corrected chi connectivity index (χ4v) is 2.70. The summed E-state index contributed by atoms with van der Waals surface area (Å²) in [5.74, 6) is -0.00571. The summed E-state index contributed by atoms with van der Waals surface area (Å²) in [6, 6.07) is 0. The maximum Gasteiger partial charge on any atom is 0.306 e. The number of allylic oxidation sites excluding steroid dienone is 2. The number of carbonyl (C=O) groups excluding carboxylic acids is 1. The third-order valence-electron chi connectivity index (χ3n) is 4.01. The van der Waals surface area contributed by atoms with E-state index < -0.39 is 0 Å². The molecule has 1 fully saturated rings. The lowest BCUT2D eigenvalue weighted by Gasteiger charge is -2.07. The number of rotatable bonds is 12. The first-order valence-electron chi connectivity index (χ1n) is 8.67. The Morgan fingerprint density at radius 2 is 1.65 bits per heavy atom. The molecule has 0 bridgehead atoms. The van der Waals surface area contributed by atoms with Crippen LogP contribution in [0.15, 0.2) is 12.2 Å². The van der Waals surface area contributed by atoms with Crippen LogP contribution in [0, 0.1) is 0 Å². The largest absolute Gasteiger partial charge is 0.462 e. The predicted octanol–water partition coefficient (Wildman–Crippen LogP) is 5.56. The number of hydrogen-bond acceptors (Lipinski definition) is 2. The van der Waals surface area contributed by atoms with E-state index in [0.29, 0.717) is 6.42 Å². The fraction of sp³-hybridized carbons (Fsp3) is 0.833. The van der Waals surface area contributed by atoms with E-state index in [4.69, 9.17) is 4.74 Å². The van der Waals surface area contributed by atoms with E-state index in [-0.39, 0.29) is 12.1 Å². The van der Waals surface area contributed by atoms with Gasteiger partial charge < -0.3 is 4.74 Å². The Kier molecular flexibility index (Phi) is 10.3. The van der Waals surface area contributed by atoms with Crippen LogP contribution in [-0.4, -0.2) is 12.1 Å². The number of esters is 1. The van der Waals surface area contributed by atoms with Gasteiger partial charge in [-0.3, -0.25) is 4.79 Å². The molecule has 1 rings (SSSR count). The van der Waals surface area contributed by atoms with E-state index in [2.05, 4.69) is 19.1 Å². The number of hydrogen-bond donors (Lipinski definition) is 0. The van der Waals surface area contributed by atoms with Gasteiger partial charge in [0, 0.05) is 6.42 Å². The first-order valence-corrected chi connectivity index (χ1v) is 8.67. The van der Waals surface area contributed by atoms with E-state index in [9.17, 15) is 4.79 Å². The quantitative estimate of drug-likeness (QED) is 0.266. The van der Waals surface area contributed by atoms with Gasteiger partial charge >= 0.3 is 5.97 Å². The summed E-state index contributed by atoms with van der Waals surface area (Å²) in [6.07, 6.45) is 20.6.